The first kappa shape index (κ1) is 23.1. The first-order chi connectivity index (χ1) is 14.8. The molecule has 3 rings (SSSR count). The van der Waals surface area contributed by atoms with E-state index in [-0.39, 0.29) is 23.6 Å². The molecule has 3 heterocycles. The maximum absolute atomic E-state index is 12.4. The van der Waals surface area contributed by atoms with Crippen molar-refractivity contribution < 1.29 is 19.1 Å². The van der Waals surface area contributed by atoms with Gasteiger partial charge in [0.1, 0.15) is 23.2 Å². The second-order valence-electron chi connectivity index (χ2n) is 7.19. The third-order valence-corrected chi connectivity index (χ3v) is 6.03. The Morgan fingerprint density at radius 3 is 2.58 bits per heavy atom. The Hall–Kier alpha value is -2.59. The molecule has 0 aromatic carbocycles. The predicted molar refractivity (Wildman–Crippen MR) is 120 cm³/mol. The zero-order chi connectivity index (χ0) is 22.5. The Morgan fingerprint density at radius 2 is 1.97 bits per heavy atom. The Balaban J connectivity index is 1.58. The fourth-order valence-electron chi connectivity index (χ4n) is 3.27. The van der Waals surface area contributed by atoms with Crippen LogP contribution in [0.1, 0.15) is 39.4 Å². The molecule has 2 aromatic heterocycles. The number of aromatic nitrogens is 2. The van der Waals surface area contributed by atoms with E-state index in [4.69, 9.17) is 11.6 Å². The van der Waals surface area contributed by atoms with Crippen LogP contribution >= 0.6 is 27.5 Å². The number of H-pyrrole nitrogens is 1. The van der Waals surface area contributed by atoms with Crippen LogP contribution in [0.2, 0.25) is 5.15 Å². The van der Waals surface area contributed by atoms with Crippen molar-refractivity contribution in [1.82, 2.24) is 20.6 Å². The summed E-state index contributed by atoms with van der Waals surface area (Å²) in [5, 5.41) is 5.72. The van der Waals surface area contributed by atoms with E-state index >= 15 is 0 Å². The maximum Gasteiger partial charge on any atom is 0.325 e. The molecule has 2 amide bonds. The molecule has 0 saturated carbocycles. The number of halogens is 2. The highest BCUT2D eigenvalue weighted by molar-refractivity contribution is 9.10. The number of carbonyl (C=O) groups is 3. The first-order valence-electron chi connectivity index (χ1n) is 9.70. The zero-order valence-corrected chi connectivity index (χ0v) is 19.5. The minimum absolute atomic E-state index is 0.0353. The van der Waals surface area contributed by atoms with Gasteiger partial charge in [-0.3, -0.25) is 14.4 Å². The first-order valence-corrected chi connectivity index (χ1v) is 10.9. The number of carbonyl (C=O) groups excluding carboxylic acids is 3. The fourth-order valence-corrected chi connectivity index (χ4v) is 3.81. The molecule has 9 nitrogen and oxygen atoms in total. The molecule has 3 N–H and O–H groups in total. The van der Waals surface area contributed by atoms with Gasteiger partial charge >= 0.3 is 5.97 Å². The molecule has 0 bridgehead atoms. The van der Waals surface area contributed by atoms with Gasteiger partial charge in [0.25, 0.3) is 11.8 Å². The van der Waals surface area contributed by atoms with Crippen LogP contribution in [0.15, 0.2) is 22.7 Å². The summed E-state index contributed by atoms with van der Waals surface area (Å²) >= 11 is 9.51. The highest BCUT2D eigenvalue weighted by atomic mass is 79.9. The third kappa shape index (κ3) is 5.98. The standard InChI is InChI=1S/C20H23BrClN5O4/c1-11-14(21)9-15(24-11)20(30)25-13-3-5-27(6-4-13)17-8-12(7-16(22)26-17)19(29)23-10-18(28)31-2/h7-9,13,24H,3-6,10H2,1-2H3,(H,23,29)(H,25,30). The number of pyridine rings is 1. The van der Waals surface area contributed by atoms with Gasteiger partial charge in [0.05, 0.1) is 7.11 Å². The van der Waals surface area contributed by atoms with Crippen LogP contribution in [0, 0.1) is 6.92 Å². The Kier molecular flexibility index (Phi) is 7.55. The minimum atomic E-state index is -0.542. The summed E-state index contributed by atoms with van der Waals surface area (Å²) in [4.78, 5) is 45.4. The summed E-state index contributed by atoms with van der Waals surface area (Å²) in [6.07, 6.45) is 1.45. The molecule has 0 atom stereocenters. The van der Waals surface area contributed by atoms with Gasteiger partial charge in [0, 0.05) is 34.9 Å². The average molecular weight is 513 g/mol. The van der Waals surface area contributed by atoms with E-state index in [0.717, 1.165) is 23.0 Å². The summed E-state index contributed by atoms with van der Waals surface area (Å²) in [7, 11) is 1.25. The molecular weight excluding hydrogens is 490 g/mol. The molecule has 1 fully saturated rings. The number of hydrogen-bond acceptors (Lipinski definition) is 6. The molecule has 1 saturated heterocycles. The number of nitrogens with zero attached hydrogens (tertiary/aromatic N) is 2. The molecule has 0 aliphatic carbocycles. The molecule has 166 valence electrons. The number of aryl methyl sites for hydroxylation is 1. The fraction of sp³-hybridized carbons (Fsp3) is 0.400. The molecule has 1 aliphatic heterocycles. The van der Waals surface area contributed by atoms with Crippen molar-refractivity contribution in [2.75, 3.05) is 31.6 Å². The number of ether oxygens (including phenoxy) is 1. The second kappa shape index (κ2) is 10.1. The van der Waals surface area contributed by atoms with Crippen molar-refractivity contribution in [3.05, 3.63) is 44.8 Å². The van der Waals surface area contributed by atoms with Crippen LogP contribution in [0.25, 0.3) is 0 Å². The summed E-state index contributed by atoms with van der Waals surface area (Å²) in [6.45, 7) is 2.96. The van der Waals surface area contributed by atoms with Crippen molar-refractivity contribution >= 4 is 51.1 Å². The highest BCUT2D eigenvalue weighted by Crippen LogP contribution is 2.23. The monoisotopic (exact) mass is 511 g/mol. The maximum atomic E-state index is 12.4. The average Bonchev–Trinajstić information content (AvgIpc) is 3.10. The molecule has 11 heteroatoms. The number of amides is 2. The summed E-state index contributed by atoms with van der Waals surface area (Å²) < 4.78 is 5.38. The van der Waals surface area contributed by atoms with Crippen molar-refractivity contribution in [1.29, 1.82) is 0 Å². The van der Waals surface area contributed by atoms with E-state index in [0.29, 0.717) is 30.2 Å². The number of methoxy groups -OCH3 is 1. The number of hydrogen-bond donors (Lipinski definition) is 3. The van der Waals surface area contributed by atoms with Crippen LogP contribution in [0.4, 0.5) is 5.82 Å². The largest absolute Gasteiger partial charge is 0.468 e. The van der Waals surface area contributed by atoms with E-state index < -0.39 is 11.9 Å². The van der Waals surface area contributed by atoms with Crippen LogP contribution in [-0.2, 0) is 9.53 Å². The van der Waals surface area contributed by atoms with E-state index in [9.17, 15) is 14.4 Å². The van der Waals surface area contributed by atoms with E-state index in [1.807, 2.05) is 11.8 Å². The smallest absolute Gasteiger partial charge is 0.325 e. The normalized spacial score (nSPS) is 14.3. The van der Waals surface area contributed by atoms with E-state index in [1.165, 1.54) is 13.2 Å². The minimum Gasteiger partial charge on any atom is -0.468 e. The van der Waals surface area contributed by atoms with Crippen LogP contribution in [-0.4, -0.2) is 60.5 Å². The lowest BCUT2D eigenvalue weighted by atomic mass is 10.0. The molecule has 1 aliphatic rings. The lowest BCUT2D eigenvalue weighted by molar-refractivity contribution is -0.139. The second-order valence-corrected chi connectivity index (χ2v) is 8.43. The predicted octanol–water partition coefficient (Wildman–Crippen LogP) is 2.44. The van der Waals surface area contributed by atoms with Gasteiger partial charge in [-0.05, 0) is 53.9 Å². The molecule has 0 spiro atoms. The quantitative estimate of drug-likeness (QED) is 0.404. The van der Waals surface area contributed by atoms with Crippen LogP contribution < -0.4 is 15.5 Å². The number of anilines is 1. The number of rotatable bonds is 6. The Bertz CT molecular complexity index is 968. The summed E-state index contributed by atoms with van der Waals surface area (Å²) in [5.41, 5.74) is 1.73. The number of aromatic amines is 1. The van der Waals surface area contributed by atoms with E-state index in [1.54, 1.807) is 12.1 Å². The number of piperidine rings is 1. The van der Waals surface area contributed by atoms with Gasteiger partial charge in [-0.15, -0.1) is 0 Å². The molecular formula is C20H23BrClN5O4. The highest BCUT2D eigenvalue weighted by Gasteiger charge is 2.24. The zero-order valence-electron chi connectivity index (χ0n) is 17.1. The van der Waals surface area contributed by atoms with Gasteiger partial charge in [-0.1, -0.05) is 11.6 Å². The van der Waals surface area contributed by atoms with Crippen molar-refractivity contribution in [2.45, 2.75) is 25.8 Å². The van der Waals surface area contributed by atoms with Gasteiger partial charge in [0.2, 0.25) is 0 Å². The van der Waals surface area contributed by atoms with Gasteiger partial charge in [-0.2, -0.15) is 0 Å². The third-order valence-electron chi connectivity index (χ3n) is 5.01. The Labute approximate surface area is 193 Å². The molecule has 0 radical (unpaired) electrons. The molecule has 31 heavy (non-hydrogen) atoms. The summed E-state index contributed by atoms with van der Waals surface area (Å²) in [6, 6.07) is 4.88. The van der Waals surface area contributed by atoms with Crippen molar-refractivity contribution in [2.24, 2.45) is 0 Å². The Morgan fingerprint density at radius 1 is 1.26 bits per heavy atom. The van der Waals surface area contributed by atoms with E-state index in [2.05, 4.69) is 41.3 Å². The van der Waals surface area contributed by atoms with Crippen molar-refractivity contribution in [3.63, 3.8) is 0 Å². The number of esters is 1. The van der Waals surface area contributed by atoms with Gasteiger partial charge < -0.3 is 25.3 Å². The SMILES string of the molecule is COC(=O)CNC(=O)c1cc(Cl)nc(N2CCC(NC(=O)c3cc(Br)c(C)[nH]3)CC2)c1. The van der Waals surface area contributed by atoms with Crippen molar-refractivity contribution in [3.8, 4) is 0 Å². The lowest BCUT2D eigenvalue weighted by Gasteiger charge is -2.33. The topological polar surface area (TPSA) is 116 Å². The number of nitrogens with one attached hydrogen (secondary N) is 3. The lowest BCUT2D eigenvalue weighted by Crippen LogP contribution is -2.45. The molecule has 2 aromatic rings. The van der Waals surface area contributed by atoms with Crippen LogP contribution in [0.5, 0.6) is 0 Å². The van der Waals surface area contributed by atoms with Gasteiger partial charge in [-0.25, -0.2) is 4.98 Å². The summed E-state index contributed by atoms with van der Waals surface area (Å²) in [5.74, 6) is -0.549. The molecule has 0 unspecified atom stereocenters. The van der Waals surface area contributed by atoms with Gasteiger partial charge in [0.15, 0.2) is 0 Å². The van der Waals surface area contributed by atoms with Crippen LogP contribution in [0.3, 0.4) is 0 Å².